The van der Waals surface area contributed by atoms with Crippen LogP contribution >= 0.6 is 11.6 Å². The first-order chi connectivity index (χ1) is 12.0. The number of benzene rings is 2. The standard InChI is InChI=1S/C18H20ClNO5/c1-24-16-8-7-13(9-14(16)19)17(22)15(21)10-20-18(23)25-11-12-5-3-2-4-6-12/h2-9,15,17,21-22H,10-11H2,1H3,(H,20,23). The number of ether oxygens (including phenoxy) is 2. The molecule has 2 rings (SSSR count). The minimum absolute atomic E-state index is 0.124. The summed E-state index contributed by atoms with van der Waals surface area (Å²) in [6.07, 6.45) is -3.10. The van der Waals surface area contributed by atoms with Gasteiger partial charge in [0.2, 0.25) is 0 Å². The molecule has 0 aliphatic carbocycles. The normalized spacial score (nSPS) is 13.0. The number of halogens is 1. The summed E-state index contributed by atoms with van der Waals surface area (Å²) in [4.78, 5) is 11.7. The molecule has 0 aromatic heterocycles. The number of aliphatic hydroxyl groups excluding tert-OH is 2. The molecule has 3 N–H and O–H groups in total. The summed E-state index contributed by atoms with van der Waals surface area (Å²) < 4.78 is 10.1. The predicted molar refractivity (Wildman–Crippen MR) is 93.6 cm³/mol. The summed E-state index contributed by atoms with van der Waals surface area (Å²) in [7, 11) is 1.48. The lowest BCUT2D eigenvalue weighted by atomic mass is 10.0. The SMILES string of the molecule is COc1ccc(C(O)C(O)CNC(=O)OCc2ccccc2)cc1Cl. The first-order valence-electron chi connectivity index (χ1n) is 7.65. The zero-order valence-corrected chi connectivity index (χ0v) is 14.4. The minimum atomic E-state index is -1.21. The summed E-state index contributed by atoms with van der Waals surface area (Å²) in [5.74, 6) is 0.467. The molecule has 7 heteroatoms. The Kier molecular flexibility index (Phi) is 7.06. The highest BCUT2D eigenvalue weighted by atomic mass is 35.5. The first-order valence-corrected chi connectivity index (χ1v) is 8.03. The van der Waals surface area contributed by atoms with E-state index in [1.165, 1.54) is 13.2 Å². The van der Waals surface area contributed by atoms with E-state index in [1.54, 1.807) is 12.1 Å². The Morgan fingerprint density at radius 1 is 1.20 bits per heavy atom. The molecule has 0 aliphatic rings. The van der Waals surface area contributed by atoms with Gasteiger partial charge in [0.15, 0.2) is 0 Å². The third-order valence-corrected chi connectivity index (χ3v) is 3.85. The van der Waals surface area contributed by atoms with E-state index in [1.807, 2.05) is 30.3 Å². The number of nitrogens with one attached hydrogen (secondary N) is 1. The Bertz CT molecular complexity index is 695. The molecule has 0 heterocycles. The second-order valence-electron chi connectivity index (χ2n) is 5.35. The highest BCUT2D eigenvalue weighted by Crippen LogP contribution is 2.28. The highest BCUT2D eigenvalue weighted by molar-refractivity contribution is 6.32. The van der Waals surface area contributed by atoms with Crippen LogP contribution in [0.2, 0.25) is 5.02 Å². The topological polar surface area (TPSA) is 88.0 Å². The lowest BCUT2D eigenvalue weighted by Gasteiger charge is -2.19. The summed E-state index contributed by atoms with van der Waals surface area (Å²) in [6.45, 7) is -0.0438. The summed E-state index contributed by atoms with van der Waals surface area (Å²) >= 11 is 6.00. The number of carbonyl (C=O) groups excluding carboxylic acids is 1. The van der Waals surface area contributed by atoms with Crippen LogP contribution in [-0.4, -0.2) is 36.1 Å². The minimum Gasteiger partial charge on any atom is -0.495 e. The average Bonchev–Trinajstić information content (AvgIpc) is 2.64. The van der Waals surface area contributed by atoms with Crippen molar-refractivity contribution in [2.75, 3.05) is 13.7 Å². The molecule has 0 fully saturated rings. The van der Waals surface area contributed by atoms with Gasteiger partial charge < -0.3 is 25.0 Å². The zero-order valence-electron chi connectivity index (χ0n) is 13.7. The van der Waals surface area contributed by atoms with Crippen molar-refractivity contribution in [1.82, 2.24) is 5.32 Å². The quantitative estimate of drug-likeness (QED) is 0.702. The molecule has 2 atom stereocenters. The van der Waals surface area contributed by atoms with Crippen molar-refractivity contribution in [3.8, 4) is 5.75 Å². The van der Waals surface area contributed by atoms with Gasteiger partial charge in [-0.15, -0.1) is 0 Å². The van der Waals surface area contributed by atoms with Crippen LogP contribution in [0.15, 0.2) is 48.5 Å². The van der Waals surface area contributed by atoms with E-state index in [2.05, 4.69) is 5.32 Å². The van der Waals surface area contributed by atoms with Crippen molar-refractivity contribution in [2.45, 2.75) is 18.8 Å². The number of aliphatic hydroxyl groups is 2. The van der Waals surface area contributed by atoms with Crippen LogP contribution in [-0.2, 0) is 11.3 Å². The summed E-state index contributed by atoms with van der Waals surface area (Å²) in [5.41, 5.74) is 1.27. The number of amides is 1. The molecule has 2 unspecified atom stereocenters. The van der Waals surface area contributed by atoms with Gasteiger partial charge in [-0.2, -0.15) is 0 Å². The number of hydrogen-bond acceptors (Lipinski definition) is 5. The molecular weight excluding hydrogens is 346 g/mol. The van der Waals surface area contributed by atoms with Gasteiger partial charge in [0, 0.05) is 6.54 Å². The second-order valence-corrected chi connectivity index (χ2v) is 5.76. The van der Waals surface area contributed by atoms with E-state index in [0.29, 0.717) is 16.3 Å². The van der Waals surface area contributed by atoms with Crippen LogP contribution in [0.3, 0.4) is 0 Å². The average molecular weight is 366 g/mol. The lowest BCUT2D eigenvalue weighted by molar-refractivity contribution is 0.0184. The van der Waals surface area contributed by atoms with Crippen LogP contribution in [0.4, 0.5) is 4.79 Å². The van der Waals surface area contributed by atoms with Gasteiger partial charge in [-0.1, -0.05) is 48.0 Å². The van der Waals surface area contributed by atoms with Crippen molar-refractivity contribution >= 4 is 17.7 Å². The van der Waals surface area contributed by atoms with E-state index >= 15 is 0 Å². The van der Waals surface area contributed by atoms with Gasteiger partial charge in [-0.25, -0.2) is 4.79 Å². The lowest BCUT2D eigenvalue weighted by Crippen LogP contribution is -2.35. The molecule has 0 radical (unpaired) electrons. The second kappa shape index (κ2) is 9.27. The molecule has 0 saturated carbocycles. The molecule has 6 nitrogen and oxygen atoms in total. The van der Waals surface area contributed by atoms with Gasteiger partial charge in [0.1, 0.15) is 24.6 Å². The van der Waals surface area contributed by atoms with E-state index < -0.39 is 18.3 Å². The molecular formula is C18H20ClNO5. The van der Waals surface area contributed by atoms with Crippen LogP contribution in [0.25, 0.3) is 0 Å². The molecule has 0 bridgehead atoms. The van der Waals surface area contributed by atoms with Crippen LogP contribution in [0, 0.1) is 0 Å². The monoisotopic (exact) mass is 365 g/mol. The summed E-state index contributed by atoms with van der Waals surface area (Å²) in [6, 6.07) is 13.9. The van der Waals surface area contributed by atoms with Crippen molar-refractivity contribution < 1.29 is 24.5 Å². The maximum atomic E-state index is 11.7. The molecule has 0 spiro atoms. The molecule has 1 amide bonds. The molecule has 134 valence electrons. The molecule has 2 aromatic carbocycles. The van der Waals surface area contributed by atoms with E-state index in [0.717, 1.165) is 5.56 Å². The number of hydrogen-bond donors (Lipinski definition) is 3. The Labute approximate surface area is 151 Å². The third-order valence-electron chi connectivity index (χ3n) is 3.55. The fraction of sp³-hybridized carbons (Fsp3) is 0.278. The predicted octanol–water partition coefficient (Wildman–Crippen LogP) is 2.67. The van der Waals surface area contributed by atoms with Crippen molar-refractivity contribution in [3.05, 3.63) is 64.7 Å². The van der Waals surface area contributed by atoms with Crippen molar-refractivity contribution in [3.63, 3.8) is 0 Å². The molecule has 0 saturated heterocycles. The third kappa shape index (κ3) is 5.63. The molecule has 2 aromatic rings. The zero-order chi connectivity index (χ0) is 18.2. The van der Waals surface area contributed by atoms with Gasteiger partial charge in [-0.3, -0.25) is 0 Å². The highest BCUT2D eigenvalue weighted by Gasteiger charge is 2.20. The van der Waals surface area contributed by atoms with E-state index in [4.69, 9.17) is 21.1 Å². The van der Waals surface area contributed by atoms with E-state index in [-0.39, 0.29) is 13.2 Å². The van der Waals surface area contributed by atoms with Crippen LogP contribution < -0.4 is 10.1 Å². The van der Waals surface area contributed by atoms with Crippen LogP contribution in [0.1, 0.15) is 17.2 Å². The first kappa shape index (κ1) is 19.1. The maximum absolute atomic E-state index is 11.7. The summed E-state index contributed by atoms with van der Waals surface area (Å²) in [5, 5.41) is 22.9. The Hall–Kier alpha value is -2.28. The number of rotatable bonds is 7. The largest absolute Gasteiger partial charge is 0.495 e. The van der Waals surface area contributed by atoms with Gasteiger partial charge >= 0.3 is 6.09 Å². The van der Waals surface area contributed by atoms with Gasteiger partial charge in [-0.05, 0) is 23.3 Å². The number of alkyl carbamates (subject to hydrolysis) is 1. The fourth-order valence-electron chi connectivity index (χ4n) is 2.16. The Balaban J connectivity index is 1.81. The number of methoxy groups -OCH3 is 1. The van der Waals surface area contributed by atoms with Gasteiger partial charge in [0.25, 0.3) is 0 Å². The van der Waals surface area contributed by atoms with Gasteiger partial charge in [0.05, 0.1) is 12.1 Å². The molecule has 25 heavy (non-hydrogen) atoms. The van der Waals surface area contributed by atoms with Crippen molar-refractivity contribution in [1.29, 1.82) is 0 Å². The number of carbonyl (C=O) groups is 1. The Morgan fingerprint density at radius 3 is 2.56 bits per heavy atom. The maximum Gasteiger partial charge on any atom is 0.407 e. The fourth-order valence-corrected chi connectivity index (χ4v) is 2.43. The smallest absolute Gasteiger partial charge is 0.407 e. The molecule has 0 aliphatic heterocycles. The van der Waals surface area contributed by atoms with Crippen molar-refractivity contribution in [2.24, 2.45) is 0 Å². The van der Waals surface area contributed by atoms with Crippen LogP contribution in [0.5, 0.6) is 5.75 Å². The van der Waals surface area contributed by atoms with E-state index in [9.17, 15) is 15.0 Å². The Morgan fingerprint density at radius 2 is 1.92 bits per heavy atom.